The van der Waals surface area contributed by atoms with Crippen LogP contribution in [0.4, 0.5) is 21.8 Å². The van der Waals surface area contributed by atoms with Gasteiger partial charge in [-0.15, -0.1) is 0 Å². The minimum atomic E-state index is -0.662. The van der Waals surface area contributed by atoms with Crippen LogP contribution in [0.5, 0.6) is 0 Å². The molecule has 0 fully saturated rings. The Labute approximate surface area is 181 Å². The average Bonchev–Trinajstić information content (AvgIpc) is 3.16. The number of nitrogens with zero attached hydrogens (tertiary/aromatic N) is 6. The molecule has 0 spiro atoms. The summed E-state index contributed by atoms with van der Waals surface area (Å²) < 4.78 is 16.0. The minimum Gasteiger partial charge on any atom is -0.394 e. The molecule has 0 aliphatic carbocycles. The molecule has 9 nitrogen and oxygen atoms in total. The molecule has 3 aromatic heterocycles. The molecule has 0 amide bonds. The van der Waals surface area contributed by atoms with Crippen LogP contribution in [0, 0.1) is 17.1 Å². The molecule has 0 saturated heterocycles. The summed E-state index contributed by atoms with van der Waals surface area (Å²) in [4.78, 5) is 12.6. The standard InChI is InChI=1S/C20H16ClFN8O/c1-11(9-31)28-18-5-19(26-10-25-18)29-17-4-16-13(7-24-17)8-27-30(16)20-14(21)2-12(6-23)3-15(20)22/h2-5,7-8,10-11,31H,9H2,1H3,(H2,24,25,26,28,29)/t11-/m0/s1. The maximum atomic E-state index is 14.6. The number of aliphatic hydroxyl groups excluding tert-OH is 1. The van der Waals surface area contributed by atoms with E-state index < -0.39 is 5.82 Å². The third-order valence-corrected chi connectivity index (χ3v) is 4.69. The van der Waals surface area contributed by atoms with Crippen LogP contribution in [0.1, 0.15) is 12.5 Å². The Morgan fingerprint density at radius 1 is 1.16 bits per heavy atom. The van der Waals surface area contributed by atoms with E-state index in [0.717, 1.165) is 6.07 Å². The first-order chi connectivity index (χ1) is 15.0. The van der Waals surface area contributed by atoms with Crippen LogP contribution in [-0.2, 0) is 0 Å². The van der Waals surface area contributed by atoms with Crippen molar-refractivity contribution in [2.45, 2.75) is 13.0 Å². The Morgan fingerprint density at radius 2 is 1.94 bits per heavy atom. The zero-order valence-corrected chi connectivity index (χ0v) is 17.0. The molecule has 3 N–H and O–H groups in total. The summed E-state index contributed by atoms with van der Waals surface area (Å²) in [6.07, 6.45) is 4.51. The Kier molecular flexibility index (Phi) is 5.62. The van der Waals surface area contributed by atoms with Gasteiger partial charge in [0.1, 0.15) is 29.5 Å². The lowest BCUT2D eigenvalue weighted by atomic mass is 10.2. The van der Waals surface area contributed by atoms with Crippen molar-refractivity contribution in [2.24, 2.45) is 0 Å². The summed E-state index contributed by atoms with van der Waals surface area (Å²) in [6.45, 7) is 1.78. The molecule has 0 radical (unpaired) electrons. The second kappa shape index (κ2) is 8.51. The van der Waals surface area contributed by atoms with Crippen LogP contribution >= 0.6 is 11.6 Å². The predicted octanol–water partition coefficient (Wildman–Crippen LogP) is 3.41. The fourth-order valence-electron chi connectivity index (χ4n) is 2.93. The van der Waals surface area contributed by atoms with Crippen LogP contribution in [0.2, 0.25) is 5.02 Å². The number of pyridine rings is 1. The number of rotatable bonds is 6. The van der Waals surface area contributed by atoms with Gasteiger partial charge in [-0.05, 0) is 19.1 Å². The van der Waals surface area contributed by atoms with Gasteiger partial charge in [-0.2, -0.15) is 10.4 Å². The van der Waals surface area contributed by atoms with Crippen LogP contribution in [0.25, 0.3) is 16.6 Å². The summed E-state index contributed by atoms with van der Waals surface area (Å²) in [6, 6.07) is 7.55. The average molecular weight is 439 g/mol. The summed E-state index contributed by atoms with van der Waals surface area (Å²) in [7, 11) is 0. The van der Waals surface area contributed by atoms with Crippen molar-refractivity contribution >= 4 is 40.0 Å². The molecule has 0 aliphatic heterocycles. The van der Waals surface area contributed by atoms with E-state index in [-0.39, 0.29) is 28.9 Å². The van der Waals surface area contributed by atoms with E-state index in [2.05, 4.69) is 30.7 Å². The van der Waals surface area contributed by atoms with Gasteiger partial charge in [-0.25, -0.2) is 24.0 Å². The number of benzene rings is 1. The highest BCUT2D eigenvalue weighted by molar-refractivity contribution is 6.32. The van der Waals surface area contributed by atoms with E-state index in [1.165, 1.54) is 17.1 Å². The first kappa shape index (κ1) is 20.5. The molecule has 0 bridgehead atoms. The van der Waals surface area contributed by atoms with Crippen molar-refractivity contribution in [3.05, 3.63) is 59.4 Å². The van der Waals surface area contributed by atoms with E-state index in [0.29, 0.717) is 28.4 Å². The molecule has 156 valence electrons. The van der Waals surface area contributed by atoms with Crippen molar-refractivity contribution < 1.29 is 9.50 Å². The van der Waals surface area contributed by atoms with Crippen molar-refractivity contribution in [2.75, 3.05) is 17.2 Å². The zero-order valence-electron chi connectivity index (χ0n) is 16.2. The van der Waals surface area contributed by atoms with E-state index in [1.807, 2.05) is 13.0 Å². The third-order valence-electron chi connectivity index (χ3n) is 4.40. The van der Waals surface area contributed by atoms with Crippen molar-refractivity contribution in [3.63, 3.8) is 0 Å². The number of halogens is 2. The van der Waals surface area contributed by atoms with E-state index >= 15 is 0 Å². The molecule has 4 aromatic rings. The van der Waals surface area contributed by atoms with Gasteiger partial charge in [-0.3, -0.25) is 0 Å². The molecule has 3 heterocycles. The monoisotopic (exact) mass is 438 g/mol. The normalized spacial score (nSPS) is 11.8. The van der Waals surface area contributed by atoms with Gasteiger partial charge in [0.15, 0.2) is 5.82 Å². The number of hydrogen-bond donors (Lipinski definition) is 3. The first-order valence-electron chi connectivity index (χ1n) is 9.18. The fourth-order valence-corrected chi connectivity index (χ4v) is 3.22. The smallest absolute Gasteiger partial charge is 0.151 e. The predicted molar refractivity (Wildman–Crippen MR) is 114 cm³/mol. The molecule has 1 aromatic carbocycles. The van der Waals surface area contributed by atoms with Crippen LogP contribution in [0.3, 0.4) is 0 Å². The number of hydrogen-bond acceptors (Lipinski definition) is 8. The Bertz CT molecular complexity index is 1280. The second-order valence-corrected chi connectivity index (χ2v) is 7.13. The highest BCUT2D eigenvalue weighted by Crippen LogP contribution is 2.29. The molecule has 4 rings (SSSR count). The lowest BCUT2D eigenvalue weighted by Gasteiger charge is -2.12. The maximum absolute atomic E-state index is 14.6. The number of nitriles is 1. The summed E-state index contributed by atoms with van der Waals surface area (Å²) >= 11 is 6.22. The van der Waals surface area contributed by atoms with Crippen LogP contribution < -0.4 is 10.6 Å². The van der Waals surface area contributed by atoms with Crippen LogP contribution in [-0.4, -0.2) is 42.5 Å². The second-order valence-electron chi connectivity index (χ2n) is 6.73. The number of fused-ring (bicyclic) bond motifs is 1. The maximum Gasteiger partial charge on any atom is 0.151 e. The first-order valence-corrected chi connectivity index (χ1v) is 9.56. The largest absolute Gasteiger partial charge is 0.394 e. The fraction of sp³-hybridized carbons (Fsp3) is 0.150. The van der Waals surface area contributed by atoms with Gasteiger partial charge < -0.3 is 15.7 Å². The highest BCUT2D eigenvalue weighted by atomic mass is 35.5. The van der Waals surface area contributed by atoms with Crippen molar-refractivity contribution in [1.82, 2.24) is 24.7 Å². The summed E-state index contributed by atoms with van der Waals surface area (Å²) in [5.74, 6) is 0.795. The zero-order chi connectivity index (χ0) is 22.0. The van der Waals surface area contributed by atoms with Gasteiger partial charge in [0, 0.05) is 29.8 Å². The molecule has 0 saturated carbocycles. The summed E-state index contributed by atoms with van der Waals surface area (Å²) in [5.41, 5.74) is 0.721. The number of nitrogens with one attached hydrogen (secondary N) is 2. The Balaban J connectivity index is 1.69. The van der Waals surface area contributed by atoms with E-state index in [9.17, 15) is 9.50 Å². The van der Waals surface area contributed by atoms with Gasteiger partial charge in [-0.1, -0.05) is 11.6 Å². The minimum absolute atomic E-state index is 0.0383. The molecule has 31 heavy (non-hydrogen) atoms. The molecular weight excluding hydrogens is 423 g/mol. The lowest BCUT2D eigenvalue weighted by Crippen LogP contribution is -2.20. The Hall–Kier alpha value is -3.81. The van der Waals surface area contributed by atoms with Gasteiger partial charge in [0.25, 0.3) is 0 Å². The topological polar surface area (TPSA) is 125 Å². The van der Waals surface area contributed by atoms with Crippen molar-refractivity contribution in [3.8, 4) is 11.8 Å². The number of aromatic nitrogens is 5. The SMILES string of the molecule is C[C@@H](CO)Nc1cc(Nc2cc3c(cn2)cnn3-c2c(F)cc(C#N)cc2Cl)ncn1. The van der Waals surface area contributed by atoms with Gasteiger partial charge >= 0.3 is 0 Å². The van der Waals surface area contributed by atoms with E-state index in [4.69, 9.17) is 16.9 Å². The summed E-state index contributed by atoms with van der Waals surface area (Å²) in [5, 5.41) is 29.3. The molecule has 11 heteroatoms. The van der Waals surface area contributed by atoms with Crippen molar-refractivity contribution in [1.29, 1.82) is 5.26 Å². The number of aliphatic hydroxyl groups is 1. The lowest BCUT2D eigenvalue weighted by molar-refractivity contribution is 0.281. The molecule has 1 atom stereocenters. The third kappa shape index (κ3) is 4.23. The van der Waals surface area contributed by atoms with Crippen LogP contribution in [0.15, 0.2) is 43.0 Å². The molecule has 0 unspecified atom stereocenters. The van der Waals surface area contributed by atoms with Gasteiger partial charge in [0.2, 0.25) is 0 Å². The number of anilines is 3. The Morgan fingerprint density at radius 3 is 2.68 bits per heavy atom. The van der Waals surface area contributed by atoms with Gasteiger partial charge in [0.05, 0.1) is 35.0 Å². The highest BCUT2D eigenvalue weighted by Gasteiger charge is 2.16. The molecular formula is C20H16ClFN8O. The quantitative estimate of drug-likeness (QED) is 0.418. The molecule has 0 aliphatic rings. The van der Waals surface area contributed by atoms with E-state index in [1.54, 1.807) is 24.5 Å².